The molecule has 0 radical (unpaired) electrons. The van der Waals surface area contributed by atoms with Crippen molar-refractivity contribution < 1.29 is 0 Å². The summed E-state index contributed by atoms with van der Waals surface area (Å²) in [5, 5.41) is 12.5. The van der Waals surface area contributed by atoms with Gasteiger partial charge in [0.05, 0.1) is 5.41 Å². The third-order valence-electron chi connectivity index (χ3n) is 15.4. The fraction of sp³-hybridized carbons (Fsp3) is 0.0141. The minimum Gasteiger partial charge on any atom is -0.0622 e. The normalized spacial score (nSPS) is 12.8. The molecule has 71 heavy (non-hydrogen) atoms. The van der Waals surface area contributed by atoms with Crippen LogP contribution in [0.15, 0.2) is 267 Å². The molecular formula is C71H46. The summed E-state index contributed by atoms with van der Waals surface area (Å²) in [6, 6.07) is 99.0. The average Bonchev–Trinajstić information content (AvgIpc) is 3.74. The predicted molar refractivity (Wildman–Crippen MR) is 303 cm³/mol. The molecule has 1 aliphatic rings. The van der Waals surface area contributed by atoms with E-state index in [4.69, 9.17) is 0 Å². The Morgan fingerprint density at radius 1 is 0.239 bits per heavy atom. The van der Waals surface area contributed by atoms with E-state index in [1.807, 2.05) is 0 Å². The van der Waals surface area contributed by atoms with Gasteiger partial charge in [-0.3, -0.25) is 0 Å². The molecule has 0 aromatic heterocycles. The topological polar surface area (TPSA) is 0 Å². The van der Waals surface area contributed by atoms with E-state index >= 15 is 0 Å². The van der Waals surface area contributed by atoms with E-state index < -0.39 is 5.41 Å². The fourth-order valence-electron chi connectivity index (χ4n) is 12.4. The molecule has 0 saturated carbocycles. The van der Waals surface area contributed by atoms with Crippen molar-refractivity contribution >= 4 is 66.0 Å². The molecule has 0 amide bonds. The molecule has 0 bridgehead atoms. The highest BCUT2D eigenvalue weighted by Crippen LogP contribution is 2.57. The maximum absolute atomic E-state index is 2.51. The summed E-state index contributed by atoms with van der Waals surface area (Å²) in [7, 11) is 0. The highest BCUT2D eigenvalue weighted by molar-refractivity contribution is 6.24. The number of hydrogen-bond acceptors (Lipinski definition) is 0. The Hall–Kier alpha value is -9.10. The summed E-state index contributed by atoms with van der Waals surface area (Å²) in [4.78, 5) is 0. The van der Waals surface area contributed by atoms with Gasteiger partial charge in [-0.25, -0.2) is 0 Å². The van der Waals surface area contributed by atoms with Crippen molar-refractivity contribution in [3.05, 3.63) is 300 Å². The molecule has 0 aliphatic heterocycles. The van der Waals surface area contributed by atoms with Crippen molar-refractivity contribution in [1.82, 2.24) is 0 Å². The molecule has 13 aromatic carbocycles. The minimum absolute atomic E-state index is 0.487. The molecule has 0 heterocycles. The van der Waals surface area contributed by atoms with Gasteiger partial charge < -0.3 is 0 Å². The highest BCUT2D eigenvalue weighted by atomic mass is 14.5. The minimum atomic E-state index is -0.487. The van der Waals surface area contributed by atoms with E-state index in [2.05, 4.69) is 279 Å². The standard InChI is InChI=1S/C71H46/c1-3-22-51(23-4-1)71(52-24-5-2-6-25-52)67-37-18-17-31-60(67)61-44-42-50(46-68(61)71)69-62-32-13-15-34-64(62)70(65-35-16-14-33-63(65)69)66-45-41-49(55-28-10-12-30-58(55)66)39-38-48-40-43-59(56-29-11-9-27-54(48)56)57-36-19-21-47-20-7-8-26-53(47)57/h1-46H/b39-38+. The molecule has 0 unspecified atom stereocenters. The summed E-state index contributed by atoms with van der Waals surface area (Å²) in [5.74, 6) is 0. The van der Waals surface area contributed by atoms with Crippen LogP contribution in [0.2, 0.25) is 0 Å². The molecule has 13 aromatic rings. The molecule has 0 heteroatoms. The van der Waals surface area contributed by atoms with Gasteiger partial charge in [-0.1, -0.05) is 273 Å². The third kappa shape index (κ3) is 6.32. The number of rotatable bonds is 7. The summed E-state index contributed by atoms with van der Waals surface area (Å²) < 4.78 is 0. The summed E-state index contributed by atoms with van der Waals surface area (Å²) in [6.45, 7) is 0. The lowest BCUT2D eigenvalue weighted by Gasteiger charge is -2.34. The van der Waals surface area contributed by atoms with Gasteiger partial charge in [0.1, 0.15) is 0 Å². The summed E-state index contributed by atoms with van der Waals surface area (Å²) in [5.41, 5.74) is 17.1. The zero-order valence-electron chi connectivity index (χ0n) is 39.1. The Kier molecular flexibility index (Phi) is 9.54. The molecule has 0 saturated heterocycles. The van der Waals surface area contributed by atoms with Crippen LogP contribution in [0.5, 0.6) is 0 Å². The zero-order chi connectivity index (χ0) is 46.9. The molecule has 1 aliphatic carbocycles. The second-order valence-electron chi connectivity index (χ2n) is 19.0. The second-order valence-corrected chi connectivity index (χ2v) is 19.0. The van der Waals surface area contributed by atoms with Gasteiger partial charge in [-0.2, -0.15) is 0 Å². The van der Waals surface area contributed by atoms with Gasteiger partial charge in [-0.15, -0.1) is 0 Å². The van der Waals surface area contributed by atoms with Gasteiger partial charge in [0, 0.05) is 0 Å². The first-order chi connectivity index (χ1) is 35.3. The van der Waals surface area contributed by atoms with Crippen LogP contribution in [0, 0.1) is 0 Å². The van der Waals surface area contributed by atoms with Crippen LogP contribution in [-0.2, 0) is 5.41 Å². The largest absolute Gasteiger partial charge is 0.0713 e. The van der Waals surface area contributed by atoms with Crippen LogP contribution in [0.3, 0.4) is 0 Å². The van der Waals surface area contributed by atoms with Crippen LogP contribution in [0.4, 0.5) is 0 Å². The molecule has 14 rings (SSSR count). The first kappa shape index (κ1) is 40.9. The van der Waals surface area contributed by atoms with E-state index in [1.165, 1.54) is 132 Å². The van der Waals surface area contributed by atoms with Crippen molar-refractivity contribution in [3.8, 4) is 44.5 Å². The van der Waals surface area contributed by atoms with Crippen LogP contribution in [0.25, 0.3) is 111 Å². The summed E-state index contributed by atoms with van der Waals surface area (Å²) in [6.07, 6.45) is 4.61. The van der Waals surface area contributed by atoms with Crippen molar-refractivity contribution in [1.29, 1.82) is 0 Å². The molecule has 0 nitrogen and oxygen atoms in total. The van der Waals surface area contributed by atoms with Crippen LogP contribution >= 0.6 is 0 Å². The first-order valence-electron chi connectivity index (χ1n) is 24.7. The Morgan fingerprint density at radius 2 is 0.648 bits per heavy atom. The average molecular weight is 899 g/mol. The summed E-state index contributed by atoms with van der Waals surface area (Å²) >= 11 is 0. The lowest BCUT2D eigenvalue weighted by molar-refractivity contribution is 0.769. The SMILES string of the molecule is C(=C\c1ccc(-c2c3ccccc3c(-c3ccc4c(c3)C(c3ccccc3)(c3ccccc3)c3ccccc3-4)c3ccccc23)c2ccccc12)/c1ccc(-c2cccc3ccccc23)c2ccccc12. The van der Waals surface area contributed by atoms with Crippen LogP contribution < -0.4 is 0 Å². The third-order valence-corrected chi connectivity index (χ3v) is 15.4. The number of benzene rings is 13. The maximum atomic E-state index is 2.51. The molecule has 0 N–H and O–H groups in total. The van der Waals surface area contributed by atoms with E-state index in [1.54, 1.807) is 0 Å². The number of hydrogen-bond donors (Lipinski definition) is 0. The Balaban J connectivity index is 0.930. The van der Waals surface area contributed by atoms with Crippen LogP contribution in [-0.4, -0.2) is 0 Å². The molecule has 0 spiro atoms. The predicted octanol–water partition coefficient (Wildman–Crippen LogP) is 19.0. The Morgan fingerprint density at radius 3 is 1.27 bits per heavy atom. The van der Waals surface area contributed by atoms with Gasteiger partial charge in [0.2, 0.25) is 0 Å². The lowest BCUT2D eigenvalue weighted by atomic mass is 9.67. The van der Waals surface area contributed by atoms with E-state index in [0.717, 1.165) is 0 Å². The Labute approximate surface area is 414 Å². The lowest BCUT2D eigenvalue weighted by Crippen LogP contribution is -2.28. The smallest absolute Gasteiger partial charge is 0.0622 e. The van der Waals surface area contributed by atoms with Crippen LogP contribution in [0.1, 0.15) is 33.4 Å². The van der Waals surface area contributed by atoms with E-state index in [9.17, 15) is 0 Å². The van der Waals surface area contributed by atoms with Crippen molar-refractivity contribution in [2.45, 2.75) is 5.41 Å². The van der Waals surface area contributed by atoms with Gasteiger partial charge in [0.25, 0.3) is 0 Å². The quantitative estimate of drug-likeness (QED) is 0.110. The molecular weight excluding hydrogens is 853 g/mol. The van der Waals surface area contributed by atoms with Gasteiger partial charge in [0.15, 0.2) is 0 Å². The zero-order valence-corrected chi connectivity index (χ0v) is 39.1. The van der Waals surface area contributed by atoms with E-state index in [0.29, 0.717) is 0 Å². The van der Waals surface area contributed by atoms with Crippen molar-refractivity contribution in [2.75, 3.05) is 0 Å². The monoisotopic (exact) mass is 898 g/mol. The first-order valence-corrected chi connectivity index (χ1v) is 24.7. The molecule has 330 valence electrons. The van der Waals surface area contributed by atoms with Gasteiger partial charge in [-0.05, 0) is 138 Å². The van der Waals surface area contributed by atoms with Crippen molar-refractivity contribution in [3.63, 3.8) is 0 Å². The second kappa shape index (κ2) is 16.6. The highest BCUT2D eigenvalue weighted by Gasteiger charge is 2.46. The molecule has 0 fully saturated rings. The van der Waals surface area contributed by atoms with Gasteiger partial charge >= 0.3 is 0 Å². The van der Waals surface area contributed by atoms with Crippen molar-refractivity contribution in [2.24, 2.45) is 0 Å². The fourth-order valence-corrected chi connectivity index (χ4v) is 12.4. The molecule has 0 atom stereocenters. The van der Waals surface area contributed by atoms with E-state index in [-0.39, 0.29) is 0 Å². The Bertz CT molecular complexity index is 4170. The number of fused-ring (bicyclic) bond motifs is 8. The maximum Gasteiger partial charge on any atom is 0.0713 e.